The molecule has 0 unspecified atom stereocenters. The zero-order chi connectivity index (χ0) is 22.8. The summed E-state index contributed by atoms with van der Waals surface area (Å²) in [5.74, 6) is 1.88. The number of nitrogens with zero attached hydrogens (tertiary/aromatic N) is 4. The van der Waals surface area contributed by atoms with Gasteiger partial charge in [-0.1, -0.05) is 17.7 Å². The molecule has 1 fully saturated rings. The standard InChI is InChI=1S/C26H31ClN4O2/c1-19-14-30(15-20(2)33-19)16-21-5-7-25-22(12-21)17-29(10-11-32-25)18-24-4-3-9-31(24)26-8-6-23(27)13-28-26/h3-9,12-13,19-20H,10-11,14-18H2,1-2H3/t19-,20+. The van der Waals surface area contributed by atoms with Crippen LogP contribution in [0.25, 0.3) is 5.82 Å². The van der Waals surface area contributed by atoms with E-state index in [1.807, 2.05) is 12.1 Å². The molecule has 2 aliphatic heterocycles. The highest BCUT2D eigenvalue weighted by Crippen LogP contribution is 2.27. The van der Waals surface area contributed by atoms with Crippen LogP contribution in [0.1, 0.15) is 30.7 Å². The first-order chi connectivity index (χ1) is 16.0. The van der Waals surface area contributed by atoms with Gasteiger partial charge in [-0.25, -0.2) is 4.98 Å². The van der Waals surface area contributed by atoms with Gasteiger partial charge in [-0.05, 0) is 55.8 Å². The Balaban J connectivity index is 1.30. The van der Waals surface area contributed by atoms with Crippen LogP contribution in [0.2, 0.25) is 5.02 Å². The van der Waals surface area contributed by atoms with Crippen LogP contribution in [-0.4, -0.2) is 57.8 Å². The second-order valence-electron chi connectivity index (χ2n) is 9.16. The third-order valence-corrected chi connectivity index (χ3v) is 6.49. The van der Waals surface area contributed by atoms with Crippen molar-refractivity contribution in [1.82, 2.24) is 19.4 Å². The van der Waals surface area contributed by atoms with Crippen LogP contribution in [0, 0.1) is 0 Å². The summed E-state index contributed by atoms with van der Waals surface area (Å²) < 4.78 is 14.1. The van der Waals surface area contributed by atoms with Crippen molar-refractivity contribution < 1.29 is 9.47 Å². The lowest BCUT2D eigenvalue weighted by Gasteiger charge is -2.35. The van der Waals surface area contributed by atoms with Crippen LogP contribution in [-0.2, 0) is 24.4 Å². The Labute approximate surface area is 200 Å². The molecule has 33 heavy (non-hydrogen) atoms. The summed E-state index contributed by atoms with van der Waals surface area (Å²) in [6.45, 7) is 10.4. The summed E-state index contributed by atoms with van der Waals surface area (Å²) in [6.07, 6.45) is 4.30. The predicted molar refractivity (Wildman–Crippen MR) is 130 cm³/mol. The number of pyridine rings is 1. The molecular formula is C26H31ClN4O2. The fourth-order valence-electron chi connectivity index (χ4n) is 4.92. The molecule has 0 amide bonds. The maximum Gasteiger partial charge on any atom is 0.136 e. The zero-order valence-corrected chi connectivity index (χ0v) is 20.0. The van der Waals surface area contributed by atoms with Crippen LogP contribution < -0.4 is 4.74 Å². The molecule has 0 bridgehead atoms. The van der Waals surface area contributed by atoms with Crippen LogP contribution in [0.5, 0.6) is 5.75 Å². The Bertz CT molecular complexity index is 1070. The molecule has 0 saturated carbocycles. The molecule has 6 nitrogen and oxygen atoms in total. The average Bonchev–Trinajstić information content (AvgIpc) is 3.13. The molecule has 5 rings (SSSR count). The second-order valence-corrected chi connectivity index (χ2v) is 9.59. The van der Waals surface area contributed by atoms with Crippen molar-refractivity contribution in [2.24, 2.45) is 0 Å². The Morgan fingerprint density at radius 2 is 1.88 bits per heavy atom. The van der Waals surface area contributed by atoms with Crippen molar-refractivity contribution in [2.45, 2.75) is 45.7 Å². The molecule has 0 spiro atoms. The van der Waals surface area contributed by atoms with Gasteiger partial charge in [-0.3, -0.25) is 9.80 Å². The van der Waals surface area contributed by atoms with E-state index in [-0.39, 0.29) is 12.2 Å². The van der Waals surface area contributed by atoms with Gasteiger partial charge in [0.05, 0.1) is 17.2 Å². The lowest BCUT2D eigenvalue weighted by atomic mass is 10.1. The van der Waals surface area contributed by atoms with Crippen molar-refractivity contribution in [3.05, 3.63) is 76.7 Å². The van der Waals surface area contributed by atoms with E-state index in [0.29, 0.717) is 11.6 Å². The van der Waals surface area contributed by atoms with Gasteiger partial charge in [0, 0.05) is 62.9 Å². The van der Waals surface area contributed by atoms with E-state index >= 15 is 0 Å². The van der Waals surface area contributed by atoms with E-state index in [4.69, 9.17) is 21.1 Å². The molecule has 2 aromatic heterocycles. The largest absolute Gasteiger partial charge is 0.492 e. The molecule has 0 aliphatic carbocycles. The zero-order valence-electron chi connectivity index (χ0n) is 19.3. The number of benzene rings is 1. The third-order valence-electron chi connectivity index (χ3n) is 6.26. The molecule has 2 aliphatic rings. The number of rotatable bonds is 5. The molecule has 1 saturated heterocycles. The van der Waals surface area contributed by atoms with Gasteiger partial charge >= 0.3 is 0 Å². The van der Waals surface area contributed by atoms with E-state index in [1.165, 1.54) is 16.8 Å². The van der Waals surface area contributed by atoms with E-state index in [0.717, 1.165) is 50.8 Å². The highest BCUT2D eigenvalue weighted by Gasteiger charge is 2.23. The number of morpholine rings is 1. The second kappa shape index (κ2) is 9.85. The highest BCUT2D eigenvalue weighted by atomic mass is 35.5. The fourth-order valence-corrected chi connectivity index (χ4v) is 5.03. The maximum atomic E-state index is 6.10. The van der Waals surface area contributed by atoms with Gasteiger partial charge in [0.15, 0.2) is 0 Å². The lowest BCUT2D eigenvalue weighted by molar-refractivity contribution is -0.0704. The lowest BCUT2D eigenvalue weighted by Crippen LogP contribution is -2.44. The number of halogens is 1. The van der Waals surface area contributed by atoms with Gasteiger partial charge < -0.3 is 14.0 Å². The summed E-state index contributed by atoms with van der Waals surface area (Å²) in [5, 5.41) is 0.644. The van der Waals surface area contributed by atoms with E-state index in [9.17, 15) is 0 Å². The Morgan fingerprint density at radius 3 is 2.67 bits per heavy atom. The molecule has 174 valence electrons. The summed E-state index contributed by atoms with van der Waals surface area (Å²) in [7, 11) is 0. The Kier molecular flexibility index (Phi) is 6.69. The predicted octanol–water partition coefficient (Wildman–Crippen LogP) is 4.53. The first-order valence-electron chi connectivity index (χ1n) is 11.7. The molecule has 1 aromatic carbocycles. The number of aromatic nitrogens is 2. The quantitative estimate of drug-likeness (QED) is 0.552. The van der Waals surface area contributed by atoms with Gasteiger partial charge in [0.1, 0.15) is 18.2 Å². The SMILES string of the molecule is C[C@@H]1CN(Cc2ccc3c(c2)CN(Cc2cccn2-c2ccc(Cl)cn2)CCO3)C[C@H](C)O1. The molecule has 7 heteroatoms. The van der Waals surface area contributed by atoms with Gasteiger partial charge in [-0.2, -0.15) is 0 Å². The Morgan fingerprint density at radius 1 is 1.03 bits per heavy atom. The molecule has 2 atom stereocenters. The number of hydrogen-bond donors (Lipinski definition) is 0. The normalized spacial score (nSPS) is 21.9. The highest BCUT2D eigenvalue weighted by molar-refractivity contribution is 6.30. The van der Waals surface area contributed by atoms with Gasteiger partial charge in [0.2, 0.25) is 0 Å². The van der Waals surface area contributed by atoms with Crippen LogP contribution in [0.15, 0.2) is 54.9 Å². The molecule has 3 aromatic rings. The average molecular weight is 467 g/mol. The van der Waals surface area contributed by atoms with Crippen molar-refractivity contribution in [3.63, 3.8) is 0 Å². The third kappa shape index (κ3) is 5.41. The minimum absolute atomic E-state index is 0.278. The topological polar surface area (TPSA) is 42.8 Å². The number of ether oxygens (including phenoxy) is 2. The molecular weight excluding hydrogens is 436 g/mol. The first kappa shape index (κ1) is 22.4. The smallest absolute Gasteiger partial charge is 0.136 e. The van der Waals surface area contributed by atoms with Crippen molar-refractivity contribution in [3.8, 4) is 11.6 Å². The fraction of sp³-hybridized carbons (Fsp3) is 0.423. The van der Waals surface area contributed by atoms with E-state index in [1.54, 1.807) is 6.20 Å². The van der Waals surface area contributed by atoms with Gasteiger partial charge in [0.25, 0.3) is 0 Å². The van der Waals surface area contributed by atoms with Crippen LogP contribution >= 0.6 is 11.6 Å². The molecule has 4 heterocycles. The summed E-state index contributed by atoms with van der Waals surface area (Å²) in [4.78, 5) is 9.41. The Hall–Kier alpha value is -2.38. The summed E-state index contributed by atoms with van der Waals surface area (Å²) >= 11 is 6.02. The summed E-state index contributed by atoms with van der Waals surface area (Å²) in [6, 6.07) is 14.7. The van der Waals surface area contributed by atoms with Crippen molar-refractivity contribution in [2.75, 3.05) is 26.2 Å². The van der Waals surface area contributed by atoms with Crippen molar-refractivity contribution in [1.29, 1.82) is 0 Å². The van der Waals surface area contributed by atoms with E-state index < -0.39 is 0 Å². The minimum Gasteiger partial charge on any atom is -0.492 e. The number of hydrogen-bond acceptors (Lipinski definition) is 5. The molecule has 0 radical (unpaired) electrons. The number of fused-ring (bicyclic) bond motifs is 1. The first-order valence-corrected chi connectivity index (χ1v) is 12.0. The van der Waals surface area contributed by atoms with Crippen LogP contribution in [0.3, 0.4) is 0 Å². The van der Waals surface area contributed by atoms with Crippen LogP contribution in [0.4, 0.5) is 0 Å². The van der Waals surface area contributed by atoms with Gasteiger partial charge in [-0.15, -0.1) is 0 Å². The summed E-state index contributed by atoms with van der Waals surface area (Å²) in [5.41, 5.74) is 3.78. The van der Waals surface area contributed by atoms with Crippen molar-refractivity contribution >= 4 is 11.6 Å². The maximum absolute atomic E-state index is 6.10. The van der Waals surface area contributed by atoms with E-state index in [2.05, 4.69) is 69.7 Å². The minimum atomic E-state index is 0.278. The molecule has 0 N–H and O–H groups in total. The monoisotopic (exact) mass is 466 g/mol.